The lowest BCUT2D eigenvalue weighted by molar-refractivity contribution is 0.0983. The Balaban J connectivity index is 2.00. The minimum atomic E-state index is -0.0601. The van der Waals surface area contributed by atoms with Crippen LogP contribution in [-0.4, -0.2) is 18.5 Å². The summed E-state index contributed by atoms with van der Waals surface area (Å²) in [4.78, 5) is 14.4. The number of hydrogen-bond donors (Lipinski definition) is 1. The monoisotopic (exact) mass is 286 g/mol. The molecular weight excluding hydrogens is 272 g/mol. The summed E-state index contributed by atoms with van der Waals surface area (Å²) in [6.07, 6.45) is 0.801. The van der Waals surface area contributed by atoms with Gasteiger partial charge in [0.1, 0.15) is 0 Å². The van der Waals surface area contributed by atoms with Crippen LogP contribution in [0.3, 0.4) is 0 Å². The smallest absolute Gasteiger partial charge is 0.258 e. The van der Waals surface area contributed by atoms with Crippen LogP contribution < -0.4 is 10.6 Å². The predicted octanol–water partition coefficient (Wildman–Crippen LogP) is 2.87. The first-order valence-electron chi connectivity index (χ1n) is 6.56. The average molecular weight is 287 g/mol. The number of amides is 1. The number of hydrogen-bond acceptors (Lipinski definition) is 2. The van der Waals surface area contributed by atoms with Gasteiger partial charge in [-0.2, -0.15) is 0 Å². The molecule has 0 saturated heterocycles. The van der Waals surface area contributed by atoms with Crippen LogP contribution in [0.2, 0.25) is 5.02 Å². The van der Waals surface area contributed by atoms with Crippen LogP contribution in [0.5, 0.6) is 0 Å². The lowest BCUT2D eigenvalue weighted by Crippen LogP contribution is -2.46. The molecule has 1 amide bonds. The van der Waals surface area contributed by atoms with Crippen LogP contribution >= 0.6 is 11.6 Å². The van der Waals surface area contributed by atoms with Crippen LogP contribution in [0.4, 0.5) is 5.69 Å². The summed E-state index contributed by atoms with van der Waals surface area (Å²) < 4.78 is 0. The number of nitrogens with zero attached hydrogens (tertiary/aromatic N) is 1. The van der Waals surface area contributed by atoms with Gasteiger partial charge >= 0.3 is 0 Å². The van der Waals surface area contributed by atoms with E-state index in [0.29, 0.717) is 17.1 Å². The molecule has 1 heterocycles. The van der Waals surface area contributed by atoms with E-state index in [1.54, 1.807) is 29.2 Å². The van der Waals surface area contributed by atoms with Crippen molar-refractivity contribution in [3.05, 3.63) is 64.7 Å². The molecule has 102 valence electrons. The van der Waals surface area contributed by atoms with Crippen molar-refractivity contribution in [2.24, 2.45) is 5.73 Å². The fourth-order valence-electron chi connectivity index (χ4n) is 2.60. The van der Waals surface area contributed by atoms with E-state index in [1.807, 2.05) is 24.3 Å². The van der Waals surface area contributed by atoms with E-state index in [9.17, 15) is 4.79 Å². The van der Waals surface area contributed by atoms with Gasteiger partial charge in [-0.3, -0.25) is 4.79 Å². The molecule has 0 bridgehead atoms. The van der Waals surface area contributed by atoms with E-state index >= 15 is 0 Å². The first-order chi connectivity index (χ1) is 9.65. The Bertz CT molecular complexity index is 656. The molecule has 3 rings (SSSR count). The second-order valence-electron chi connectivity index (χ2n) is 5.02. The van der Waals surface area contributed by atoms with Gasteiger partial charge in [0.15, 0.2) is 0 Å². The highest BCUT2D eigenvalue weighted by Gasteiger charge is 2.27. The van der Waals surface area contributed by atoms with E-state index in [0.717, 1.165) is 17.7 Å². The molecule has 2 aromatic rings. The fraction of sp³-hybridized carbons (Fsp3) is 0.188. The number of halogens is 1. The van der Waals surface area contributed by atoms with E-state index in [1.165, 1.54) is 0 Å². The van der Waals surface area contributed by atoms with E-state index < -0.39 is 0 Å². The molecule has 2 N–H and O–H groups in total. The molecule has 1 aliphatic rings. The summed E-state index contributed by atoms with van der Waals surface area (Å²) in [5.41, 5.74) is 8.71. The highest BCUT2D eigenvalue weighted by Crippen LogP contribution is 2.28. The lowest BCUT2D eigenvalue weighted by atomic mass is 9.97. The zero-order valence-corrected chi connectivity index (χ0v) is 11.7. The first kappa shape index (κ1) is 13.2. The van der Waals surface area contributed by atoms with E-state index in [2.05, 4.69) is 0 Å². The Morgan fingerprint density at radius 1 is 1.20 bits per heavy atom. The topological polar surface area (TPSA) is 46.3 Å². The molecule has 20 heavy (non-hydrogen) atoms. The average Bonchev–Trinajstić information content (AvgIpc) is 2.45. The van der Waals surface area contributed by atoms with Crippen molar-refractivity contribution in [3.63, 3.8) is 0 Å². The molecule has 1 aliphatic heterocycles. The van der Waals surface area contributed by atoms with Crippen molar-refractivity contribution in [1.29, 1.82) is 0 Å². The van der Waals surface area contributed by atoms with Crippen molar-refractivity contribution >= 4 is 23.2 Å². The molecule has 0 spiro atoms. The van der Waals surface area contributed by atoms with Crippen LogP contribution in [-0.2, 0) is 6.42 Å². The maximum absolute atomic E-state index is 12.7. The minimum absolute atomic E-state index is 0.0342. The van der Waals surface area contributed by atoms with Crippen LogP contribution in [0, 0.1) is 0 Å². The van der Waals surface area contributed by atoms with Crippen molar-refractivity contribution in [2.45, 2.75) is 12.5 Å². The van der Waals surface area contributed by atoms with E-state index in [4.69, 9.17) is 17.3 Å². The maximum atomic E-state index is 12.7. The highest BCUT2D eigenvalue weighted by molar-refractivity contribution is 6.31. The number of carbonyl (C=O) groups excluding carboxylic acids is 1. The van der Waals surface area contributed by atoms with Gasteiger partial charge in [-0.25, -0.2) is 0 Å². The quantitative estimate of drug-likeness (QED) is 0.876. The highest BCUT2D eigenvalue weighted by atomic mass is 35.5. The summed E-state index contributed by atoms with van der Waals surface area (Å²) in [6, 6.07) is 14.9. The number of nitrogens with two attached hydrogens (primary N) is 1. The van der Waals surface area contributed by atoms with E-state index in [-0.39, 0.29) is 11.9 Å². The number of para-hydroxylation sites is 1. The standard InChI is InChI=1S/C16H15ClN2O/c17-13-6-3-5-12(8-13)16(20)19-10-14(18)9-11-4-1-2-7-15(11)19/h1-8,14H,9-10,18H2. The number of carbonyl (C=O) groups is 1. The minimum Gasteiger partial charge on any atom is -0.326 e. The Labute approximate surface area is 123 Å². The van der Waals surface area contributed by atoms with Gasteiger partial charge in [-0.05, 0) is 36.2 Å². The summed E-state index contributed by atoms with van der Waals surface area (Å²) >= 11 is 5.96. The largest absolute Gasteiger partial charge is 0.326 e. The second-order valence-corrected chi connectivity index (χ2v) is 5.46. The number of benzene rings is 2. The van der Waals surface area contributed by atoms with Gasteiger partial charge in [0.05, 0.1) is 0 Å². The summed E-state index contributed by atoms with van der Waals surface area (Å²) in [7, 11) is 0. The molecule has 0 saturated carbocycles. The number of fused-ring (bicyclic) bond motifs is 1. The van der Waals surface area contributed by atoms with Gasteiger partial charge in [-0.1, -0.05) is 35.9 Å². The van der Waals surface area contributed by atoms with Gasteiger partial charge in [-0.15, -0.1) is 0 Å². The summed E-state index contributed by atoms with van der Waals surface area (Å²) in [6.45, 7) is 0.530. The Hall–Kier alpha value is -1.84. The van der Waals surface area contributed by atoms with Crippen LogP contribution in [0.1, 0.15) is 15.9 Å². The van der Waals surface area contributed by atoms with Gasteiger partial charge < -0.3 is 10.6 Å². The second kappa shape index (κ2) is 5.27. The van der Waals surface area contributed by atoms with Gasteiger partial charge in [0.2, 0.25) is 0 Å². The van der Waals surface area contributed by atoms with Crippen molar-refractivity contribution in [3.8, 4) is 0 Å². The SMILES string of the molecule is NC1Cc2ccccc2N(C(=O)c2cccc(Cl)c2)C1. The fourth-order valence-corrected chi connectivity index (χ4v) is 2.79. The molecule has 0 aromatic heterocycles. The molecular formula is C16H15ClN2O. The number of anilines is 1. The zero-order valence-electron chi connectivity index (χ0n) is 10.9. The van der Waals surface area contributed by atoms with Crippen molar-refractivity contribution in [2.75, 3.05) is 11.4 Å². The number of rotatable bonds is 1. The molecule has 3 nitrogen and oxygen atoms in total. The van der Waals surface area contributed by atoms with Crippen molar-refractivity contribution in [1.82, 2.24) is 0 Å². The maximum Gasteiger partial charge on any atom is 0.258 e. The Morgan fingerprint density at radius 2 is 2.00 bits per heavy atom. The lowest BCUT2D eigenvalue weighted by Gasteiger charge is -2.33. The summed E-state index contributed by atoms with van der Waals surface area (Å²) in [5, 5.41) is 0.561. The molecule has 1 atom stereocenters. The third-order valence-electron chi connectivity index (χ3n) is 3.50. The Kier molecular flexibility index (Phi) is 3.47. The molecule has 1 unspecified atom stereocenters. The zero-order chi connectivity index (χ0) is 14.1. The molecule has 0 aliphatic carbocycles. The van der Waals surface area contributed by atoms with Crippen molar-refractivity contribution < 1.29 is 4.79 Å². The molecule has 2 aromatic carbocycles. The third kappa shape index (κ3) is 2.42. The third-order valence-corrected chi connectivity index (χ3v) is 3.73. The first-order valence-corrected chi connectivity index (χ1v) is 6.94. The molecule has 0 radical (unpaired) electrons. The van der Waals surface area contributed by atoms with Crippen LogP contribution in [0.15, 0.2) is 48.5 Å². The summed E-state index contributed by atoms with van der Waals surface area (Å²) in [5.74, 6) is -0.0601. The predicted molar refractivity (Wildman–Crippen MR) is 81.2 cm³/mol. The van der Waals surface area contributed by atoms with Gasteiger partial charge in [0, 0.05) is 28.9 Å². The van der Waals surface area contributed by atoms with Gasteiger partial charge in [0.25, 0.3) is 5.91 Å². The molecule has 4 heteroatoms. The molecule has 0 fully saturated rings. The Morgan fingerprint density at radius 3 is 2.80 bits per heavy atom. The normalized spacial score (nSPS) is 17.7. The van der Waals surface area contributed by atoms with Crippen LogP contribution in [0.25, 0.3) is 0 Å².